The number of allylic oxidation sites excluding steroid dienone is 2. The van der Waals surface area contributed by atoms with Crippen LogP contribution in [0.25, 0.3) is 5.65 Å². The molecule has 0 bridgehead atoms. The molecule has 2 aromatic heterocycles. The van der Waals surface area contributed by atoms with Crippen LogP contribution in [-0.4, -0.2) is 36.3 Å². The van der Waals surface area contributed by atoms with Crippen molar-refractivity contribution >= 4 is 27.3 Å². The van der Waals surface area contributed by atoms with E-state index in [4.69, 9.17) is 0 Å². The van der Waals surface area contributed by atoms with Gasteiger partial charge in [0.15, 0.2) is 0 Å². The number of hydrogen-bond acceptors (Lipinski definition) is 5. The van der Waals surface area contributed by atoms with Crippen LogP contribution in [-0.2, 0) is 16.6 Å². The van der Waals surface area contributed by atoms with Crippen LogP contribution >= 0.6 is 0 Å². The molecule has 1 aliphatic carbocycles. The van der Waals surface area contributed by atoms with E-state index in [1.165, 1.54) is 6.07 Å². The predicted molar refractivity (Wildman–Crippen MR) is 133 cm³/mol. The Hall–Kier alpha value is -3.17. The standard InChI is InChI=1S/C25H31N5O3S/c1-18(2)29-34(32,33)23-13-20(12-21(14-23)26-15-19-8-4-3-5-9-19)25(31)27-16-22-17-30-11-7-6-10-24(30)28-22/h3-4,6-7,10-14,17-19,26,29H,5,8-9,15-16H2,1-2H3,(H,27,31)/t19-/m0/s1. The maximum atomic E-state index is 13.0. The van der Waals surface area contributed by atoms with Gasteiger partial charge in [-0.05, 0) is 69.4 Å². The van der Waals surface area contributed by atoms with E-state index in [-0.39, 0.29) is 29.0 Å². The van der Waals surface area contributed by atoms with Crippen molar-refractivity contribution in [1.82, 2.24) is 19.4 Å². The lowest BCUT2D eigenvalue weighted by atomic mass is 9.94. The molecule has 3 aromatic rings. The first-order chi connectivity index (χ1) is 16.3. The highest BCUT2D eigenvalue weighted by atomic mass is 32.2. The number of benzene rings is 1. The SMILES string of the molecule is CC(C)NS(=O)(=O)c1cc(NC[C@H]2CC=CCC2)cc(C(=O)NCc2cn3ccccc3n2)c1. The molecule has 1 amide bonds. The minimum atomic E-state index is -3.76. The van der Waals surface area contributed by atoms with Gasteiger partial charge in [-0.1, -0.05) is 18.2 Å². The smallest absolute Gasteiger partial charge is 0.251 e. The molecule has 4 rings (SSSR count). The summed E-state index contributed by atoms with van der Waals surface area (Å²) in [4.78, 5) is 17.5. The number of anilines is 1. The molecular weight excluding hydrogens is 450 g/mol. The summed E-state index contributed by atoms with van der Waals surface area (Å²) in [6, 6.07) is 10.1. The fraction of sp³-hybridized carbons (Fsp3) is 0.360. The second-order valence-corrected chi connectivity index (χ2v) is 10.6. The van der Waals surface area contributed by atoms with Crippen LogP contribution in [0, 0.1) is 5.92 Å². The summed E-state index contributed by atoms with van der Waals surface area (Å²) in [5, 5.41) is 6.21. The van der Waals surface area contributed by atoms with E-state index >= 15 is 0 Å². The number of fused-ring (bicyclic) bond motifs is 1. The van der Waals surface area contributed by atoms with Gasteiger partial charge in [0, 0.05) is 36.2 Å². The van der Waals surface area contributed by atoms with Crippen LogP contribution in [0.15, 0.2) is 65.8 Å². The molecule has 34 heavy (non-hydrogen) atoms. The number of nitrogens with zero attached hydrogens (tertiary/aromatic N) is 2. The van der Waals surface area contributed by atoms with E-state index in [2.05, 4.69) is 32.5 Å². The van der Waals surface area contributed by atoms with Crippen LogP contribution in [0.5, 0.6) is 0 Å². The van der Waals surface area contributed by atoms with Gasteiger partial charge in [-0.25, -0.2) is 18.1 Å². The Morgan fingerprint density at radius 3 is 2.79 bits per heavy atom. The number of amides is 1. The number of sulfonamides is 1. The second-order valence-electron chi connectivity index (χ2n) is 8.93. The zero-order chi connectivity index (χ0) is 24.1. The molecule has 2 heterocycles. The van der Waals surface area contributed by atoms with Crippen LogP contribution in [0.3, 0.4) is 0 Å². The summed E-state index contributed by atoms with van der Waals surface area (Å²) in [6.45, 7) is 4.48. The Morgan fingerprint density at radius 2 is 2.06 bits per heavy atom. The maximum Gasteiger partial charge on any atom is 0.251 e. The minimum Gasteiger partial charge on any atom is -0.385 e. The third kappa shape index (κ3) is 6.03. The van der Waals surface area contributed by atoms with Gasteiger partial charge >= 0.3 is 0 Å². The summed E-state index contributed by atoms with van der Waals surface area (Å²) in [5.74, 6) is 0.119. The van der Waals surface area contributed by atoms with E-state index in [0.29, 0.717) is 23.8 Å². The van der Waals surface area contributed by atoms with Gasteiger partial charge in [0.1, 0.15) is 5.65 Å². The van der Waals surface area contributed by atoms with Crippen molar-refractivity contribution in [2.24, 2.45) is 5.92 Å². The summed E-state index contributed by atoms with van der Waals surface area (Å²) in [7, 11) is -3.76. The molecule has 1 aliphatic rings. The number of nitrogens with one attached hydrogen (secondary N) is 3. The molecule has 3 N–H and O–H groups in total. The third-order valence-electron chi connectivity index (χ3n) is 5.69. The second kappa shape index (κ2) is 10.4. The Morgan fingerprint density at radius 1 is 1.21 bits per heavy atom. The summed E-state index contributed by atoms with van der Waals surface area (Å²) in [5.41, 5.74) is 2.40. The van der Waals surface area contributed by atoms with Gasteiger partial charge in [-0.15, -0.1) is 0 Å². The first kappa shape index (κ1) is 24.0. The third-order valence-corrected chi connectivity index (χ3v) is 7.32. The van der Waals surface area contributed by atoms with Gasteiger partial charge in [0.25, 0.3) is 5.91 Å². The number of pyridine rings is 1. The molecule has 0 saturated carbocycles. The van der Waals surface area contributed by atoms with Crippen LogP contribution in [0.4, 0.5) is 5.69 Å². The van der Waals surface area contributed by atoms with Crippen molar-refractivity contribution in [3.8, 4) is 0 Å². The number of aromatic nitrogens is 2. The topological polar surface area (TPSA) is 105 Å². The lowest BCUT2D eigenvalue weighted by molar-refractivity contribution is 0.0950. The van der Waals surface area contributed by atoms with Crippen LogP contribution < -0.4 is 15.4 Å². The van der Waals surface area contributed by atoms with Gasteiger partial charge in [0.2, 0.25) is 10.0 Å². The highest BCUT2D eigenvalue weighted by molar-refractivity contribution is 7.89. The molecule has 0 fully saturated rings. The molecular formula is C25H31N5O3S. The van der Waals surface area contributed by atoms with Crippen molar-refractivity contribution in [3.63, 3.8) is 0 Å². The number of imidazole rings is 1. The summed E-state index contributed by atoms with van der Waals surface area (Å²) < 4.78 is 30.2. The normalized spacial score (nSPS) is 16.1. The number of carbonyl (C=O) groups excluding carboxylic acids is 1. The monoisotopic (exact) mass is 481 g/mol. The molecule has 8 nitrogen and oxygen atoms in total. The van der Waals surface area contributed by atoms with Crippen molar-refractivity contribution in [2.75, 3.05) is 11.9 Å². The largest absolute Gasteiger partial charge is 0.385 e. The Balaban J connectivity index is 1.53. The molecule has 0 spiro atoms. The zero-order valence-corrected chi connectivity index (χ0v) is 20.3. The predicted octanol–water partition coefficient (Wildman–Crippen LogP) is 3.72. The fourth-order valence-corrected chi connectivity index (χ4v) is 5.34. The quantitative estimate of drug-likeness (QED) is 0.404. The number of hydrogen-bond donors (Lipinski definition) is 3. The Bertz CT molecular complexity index is 1260. The van der Waals surface area contributed by atoms with Crippen molar-refractivity contribution in [1.29, 1.82) is 0 Å². The summed E-state index contributed by atoms with van der Waals surface area (Å²) >= 11 is 0. The van der Waals surface area contributed by atoms with Crippen LogP contribution in [0.2, 0.25) is 0 Å². The van der Waals surface area contributed by atoms with Gasteiger partial charge < -0.3 is 15.0 Å². The van der Waals surface area contributed by atoms with E-state index in [1.807, 2.05) is 35.0 Å². The first-order valence-corrected chi connectivity index (χ1v) is 13.1. The minimum absolute atomic E-state index is 0.0626. The Kier molecular flexibility index (Phi) is 7.33. The van der Waals surface area contributed by atoms with Gasteiger partial charge in [0.05, 0.1) is 17.1 Å². The molecule has 9 heteroatoms. The fourth-order valence-electron chi connectivity index (χ4n) is 4.01. The zero-order valence-electron chi connectivity index (χ0n) is 19.5. The summed E-state index contributed by atoms with van der Waals surface area (Å²) in [6.07, 6.45) is 11.2. The number of rotatable bonds is 9. The van der Waals surface area contributed by atoms with Gasteiger partial charge in [-0.3, -0.25) is 4.79 Å². The average molecular weight is 482 g/mol. The number of carbonyl (C=O) groups is 1. The highest BCUT2D eigenvalue weighted by Crippen LogP contribution is 2.23. The van der Waals surface area contributed by atoms with E-state index in [0.717, 1.165) is 24.9 Å². The first-order valence-electron chi connectivity index (χ1n) is 11.6. The molecule has 0 saturated heterocycles. The molecule has 1 atom stereocenters. The van der Waals surface area contributed by atoms with Crippen molar-refractivity contribution in [2.45, 2.75) is 50.6 Å². The molecule has 0 radical (unpaired) electrons. The Labute approximate surface area is 200 Å². The molecule has 0 aliphatic heterocycles. The van der Waals surface area contributed by atoms with E-state index in [9.17, 15) is 13.2 Å². The maximum absolute atomic E-state index is 13.0. The van der Waals surface area contributed by atoms with Crippen LogP contribution in [0.1, 0.15) is 49.2 Å². The highest BCUT2D eigenvalue weighted by Gasteiger charge is 2.20. The lowest BCUT2D eigenvalue weighted by Gasteiger charge is -2.20. The molecule has 1 aromatic carbocycles. The van der Waals surface area contributed by atoms with E-state index < -0.39 is 10.0 Å². The average Bonchev–Trinajstić information content (AvgIpc) is 3.24. The van der Waals surface area contributed by atoms with Gasteiger partial charge in [-0.2, -0.15) is 0 Å². The van der Waals surface area contributed by atoms with Crippen molar-refractivity contribution < 1.29 is 13.2 Å². The lowest BCUT2D eigenvalue weighted by Crippen LogP contribution is -2.31. The molecule has 180 valence electrons. The molecule has 0 unspecified atom stereocenters. The van der Waals surface area contributed by atoms with Crippen molar-refractivity contribution in [3.05, 3.63) is 72.2 Å². The van der Waals surface area contributed by atoms with E-state index in [1.54, 1.807) is 26.0 Å².